The predicted octanol–water partition coefficient (Wildman–Crippen LogP) is 4.16. The fourth-order valence-corrected chi connectivity index (χ4v) is 2.87. The third kappa shape index (κ3) is 2.56. The third-order valence-electron chi connectivity index (χ3n) is 3.99. The molecule has 0 saturated heterocycles. The maximum atomic E-state index is 10.4. The zero-order chi connectivity index (χ0) is 15.6. The minimum absolute atomic E-state index is 0.109. The SMILES string of the molecule is CCc1cc(-c2cccc(O)c2O)c(CC)c(CC)c1O. The van der Waals surface area contributed by atoms with Crippen LogP contribution in [0.25, 0.3) is 11.1 Å². The van der Waals surface area contributed by atoms with E-state index in [1.54, 1.807) is 12.1 Å². The number of rotatable bonds is 4. The van der Waals surface area contributed by atoms with Gasteiger partial charge >= 0.3 is 0 Å². The highest BCUT2D eigenvalue weighted by Gasteiger charge is 2.18. The Morgan fingerprint density at radius 3 is 2.00 bits per heavy atom. The first-order chi connectivity index (χ1) is 10.0. The summed E-state index contributed by atoms with van der Waals surface area (Å²) >= 11 is 0. The summed E-state index contributed by atoms with van der Waals surface area (Å²) < 4.78 is 0. The van der Waals surface area contributed by atoms with Crippen LogP contribution in [0.5, 0.6) is 17.2 Å². The van der Waals surface area contributed by atoms with Crippen LogP contribution in [0.15, 0.2) is 24.3 Å². The number of hydrogen-bond acceptors (Lipinski definition) is 3. The van der Waals surface area contributed by atoms with Crippen LogP contribution in [-0.2, 0) is 19.3 Å². The minimum atomic E-state index is -0.126. The van der Waals surface area contributed by atoms with Crippen molar-refractivity contribution < 1.29 is 15.3 Å². The van der Waals surface area contributed by atoms with Gasteiger partial charge in [0.15, 0.2) is 11.5 Å². The Morgan fingerprint density at radius 1 is 0.762 bits per heavy atom. The first kappa shape index (κ1) is 15.2. The van der Waals surface area contributed by atoms with Crippen molar-refractivity contribution in [2.75, 3.05) is 0 Å². The van der Waals surface area contributed by atoms with Crippen molar-refractivity contribution in [2.24, 2.45) is 0 Å². The van der Waals surface area contributed by atoms with E-state index in [2.05, 4.69) is 0 Å². The van der Waals surface area contributed by atoms with Gasteiger partial charge in [0.05, 0.1) is 0 Å². The van der Waals surface area contributed by atoms with Crippen molar-refractivity contribution in [1.29, 1.82) is 0 Å². The van der Waals surface area contributed by atoms with E-state index in [4.69, 9.17) is 0 Å². The molecule has 0 aliphatic heterocycles. The number of aromatic hydroxyl groups is 3. The molecule has 112 valence electrons. The number of para-hydroxylation sites is 1. The second-order valence-electron chi connectivity index (χ2n) is 5.12. The van der Waals surface area contributed by atoms with Gasteiger partial charge in [-0.1, -0.05) is 32.9 Å². The van der Waals surface area contributed by atoms with Gasteiger partial charge in [-0.2, -0.15) is 0 Å². The molecule has 0 atom stereocenters. The normalized spacial score (nSPS) is 10.8. The van der Waals surface area contributed by atoms with Crippen LogP contribution in [0.1, 0.15) is 37.5 Å². The maximum Gasteiger partial charge on any atom is 0.165 e. The van der Waals surface area contributed by atoms with Gasteiger partial charge in [0, 0.05) is 5.56 Å². The van der Waals surface area contributed by atoms with E-state index in [-0.39, 0.29) is 11.5 Å². The molecule has 2 aromatic rings. The lowest BCUT2D eigenvalue weighted by molar-refractivity contribution is 0.405. The molecule has 0 aliphatic carbocycles. The van der Waals surface area contributed by atoms with Crippen LogP contribution in [0.3, 0.4) is 0 Å². The molecule has 0 saturated carbocycles. The van der Waals surface area contributed by atoms with Crippen molar-refractivity contribution in [3.63, 3.8) is 0 Å². The molecule has 3 nitrogen and oxygen atoms in total. The smallest absolute Gasteiger partial charge is 0.165 e. The molecule has 0 spiro atoms. The Labute approximate surface area is 125 Å². The molecule has 3 N–H and O–H groups in total. The summed E-state index contributed by atoms with van der Waals surface area (Å²) in [6, 6.07) is 6.89. The summed E-state index contributed by atoms with van der Waals surface area (Å²) in [6.45, 7) is 6.04. The average molecular weight is 286 g/mol. The van der Waals surface area contributed by atoms with Gasteiger partial charge in [0.1, 0.15) is 5.75 Å². The Hall–Kier alpha value is -2.16. The summed E-state index contributed by atoms with van der Waals surface area (Å²) in [6.07, 6.45) is 2.20. The van der Waals surface area contributed by atoms with Gasteiger partial charge in [-0.15, -0.1) is 0 Å². The van der Waals surface area contributed by atoms with Crippen LogP contribution in [0.4, 0.5) is 0 Å². The molecular formula is C18H22O3. The van der Waals surface area contributed by atoms with Crippen LogP contribution in [-0.4, -0.2) is 15.3 Å². The lowest BCUT2D eigenvalue weighted by atomic mass is 9.88. The van der Waals surface area contributed by atoms with E-state index in [9.17, 15) is 15.3 Å². The largest absolute Gasteiger partial charge is 0.507 e. The Bertz CT molecular complexity index is 660. The zero-order valence-electron chi connectivity index (χ0n) is 12.8. The summed E-state index contributed by atoms with van der Waals surface area (Å²) in [4.78, 5) is 0. The molecule has 0 aromatic heterocycles. The molecule has 0 radical (unpaired) electrons. The molecule has 3 heteroatoms. The van der Waals surface area contributed by atoms with Crippen LogP contribution in [0, 0.1) is 0 Å². The Balaban J connectivity index is 2.81. The first-order valence-corrected chi connectivity index (χ1v) is 7.42. The lowest BCUT2D eigenvalue weighted by Crippen LogP contribution is -1.99. The Morgan fingerprint density at radius 2 is 1.43 bits per heavy atom. The highest BCUT2D eigenvalue weighted by Crippen LogP contribution is 2.42. The molecule has 2 aromatic carbocycles. The number of benzene rings is 2. The summed E-state index contributed by atoms with van der Waals surface area (Å²) in [5, 5.41) is 30.3. The number of aryl methyl sites for hydroxylation is 1. The standard InChI is InChI=1S/C18H22O3/c1-4-11-10-15(12(5-2)13(6-3)17(11)20)14-8-7-9-16(19)18(14)21/h7-10,19-21H,4-6H2,1-3H3. The molecule has 0 bridgehead atoms. The van der Waals surface area contributed by atoms with Gasteiger partial charge in [0.25, 0.3) is 0 Å². The number of phenols is 3. The fraction of sp³-hybridized carbons (Fsp3) is 0.333. The van der Waals surface area contributed by atoms with Gasteiger partial charge < -0.3 is 15.3 Å². The molecule has 21 heavy (non-hydrogen) atoms. The molecule has 2 rings (SSSR count). The summed E-state index contributed by atoms with van der Waals surface area (Å²) in [5.41, 5.74) is 4.30. The van der Waals surface area contributed by atoms with Gasteiger partial charge in [0.2, 0.25) is 0 Å². The van der Waals surface area contributed by atoms with Crippen molar-refractivity contribution in [2.45, 2.75) is 40.0 Å². The highest BCUT2D eigenvalue weighted by atomic mass is 16.3. The van der Waals surface area contributed by atoms with Gasteiger partial charge in [-0.05, 0) is 53.6 Å². The van der Waals surface area contributed by atoms with Crippen LogP contribution >= 0.6 is 0 Å². The zero-order valence-corrected chi connectivity index (χ0v) is 12.8. The molecular weight excluding hydrogens is 264 g/mol. The number of hydrogen-bond donors (Lipinski definition) is 3. The van der Waals surface area contributed by atoms with E-state index in [1.165, 1.54) is 6.07 Å². The Kier molecular flexibility index (Phi) is 4.41. The van der Waals surface area contributed by atoms with Crippen molar-refractivity contribution in [3.05, 3.63) is 41.0 Å². The predicted molar refractivity (Wildman–Crippen MR) is 85.0 cm³/mol. The molecule has 0 unspecified atom stereocenters. The van der Waals surface area contributed by atoms with Crippen LogP contribution < -0.4 is 0 Å². The quantitative estimate of drug-likeness (QED) is 0.740. The topological polar surface area (TPSA) is 60.7 Å². The van der Waals surface area contributed by atoms with Crippen molar-refractivity contribution in [3.8, 4) is 28.4 Å². The minimum Gasteiger partial charge on any atom is -0.507 e. The van der Waals surface area contributed by atoms with E-state index in [0.29, 0.717) is 11.3 Å². The average Bonchev–Trinajstić information content (AvgIpc) is 2.49. The van der Waals surface area contributed by atoms with E-state index in [0.717, 1.165) is 41.5 Å². The lowest BCUT2D eigenvalue weighted by Gasteiger charge is -2.18. The van der Waals surface area contributed by atoms with E-state index in [1.807, 2.05) is 26.8 Å². The highest BCUT2D eigenvalue weighted by molar-refractivity contribution is 5.78. The van der Waals surface area contributed by atoms with Gasteiger partial charge in [-0.3, -0.25) is 0 Å². The fourth-order valence-electron chi connectivity index (χ4n) is 2.87. The third-order valence-corrected chi connectivity index (χ3v) is 3.99. The first-order valence-electron chi connectivity index (χ1n) is 7.42. The number of phenolic OH excluding ortho intramolecular Hbond substituents is 3. The molecule has 0 fully saturated rings. The van der Waals surface area contributed by atoms with Gasteiger partial charge in [-0.25, -0.2) is 0 Å². The van der Waals surface area contributed by atoms with Crippen LogP contribution in [0.2, 0.25) is 0 Å². The van der Waals surface area contributed by atoms with E-state index < -0.39 is 0 Å². The molecule has 0 aliphatic rings. The second kappa shape index (κ2) is 6.08. The van der Waals surface area contributed by atoms with E-state index >= 15 is 0 Å². The summed E-state index contributed by atoms with van der Waals surface area (Å²) in [5.74, 6) is 0.126. The van der Waals surface area contributed by atoms with Crippen molar-refractivity contribution in [1.82, 2.24) is 0 Å². The second-order valence-corrected chi connectivity index (χ2v) is 5.12. The summed E-state index contributed by atoms with van der Waals surface area (Å²) in [7, 11) is 0. The maximum absolute atomic E-state index is 10.4. The monoisotopic (exact) mass is 286 g/mol. The molecule has 0 amide bonds. The molecule has 0 heterocycles. The van der Waals surface area contributed by atoms with Crippen molar-refractivity contribution >= 4 is 0 Å².